The van der Waals surface area contributed by atoms with Crippen molar-refractivity contribution in [2.45, 2.75) is 13.8 Å². The van der Waals surface area contributed by atoms with Crippen molar-refractivity contribution in [3.05, 3.63) is 46.9 Å². The SMILES string of the molecule is Cc1cc(-c2onc(N)c2-c2ccccc2Cl)c(C)o1. The van der Waals surface area contributed by atoms with Crippen LogP contribution < -0.4 is 5.73 Å². The van der Waals surface area contributed by atoms with Crippen LogP contribution in [-0.4, -0.2) is 5.16 Å². The Morgan fingerprint density at radius 2 is 1.90 bits per heavy atom. The van der Waals surface area contributed by atoms with Crippen molar-refractivity contribution in [3.8, 4) is 22.5 Å². The van der Waals surface area contributed by atoms with Gasteiger partial charge in [0.2, 0.25) is 0 Å². The summed E-state index contributed by atoms with van der Waals surface area (Å²) < 4.78 is 10.9. The number of hydrogen-bond donors (Lipinski definition) is 1. The van der Waals surface area contributed by atoms with Crippen LogP contribution in [0.5, 0.6) is 0 Å². The Morgan fingerprint density at radius 3 is 2.55 bits per heavy atom. The molecular weight excluding hydrogens is 276 g/mol. The van der Waals surface area contributed by atoms with E-state index in [9.17, 15) is 0 Å². The van der Waals surface area contributed by atoms with Crippen LogP contribution in [0, 0.1) is 13.8 Å². The Morgan fingerprint density at radius 1 is 1.15 bits per heavy atom. The normalized spacial score (nSPS) is 10.9. The maximum Gasteiger partial charge on any atom is 0.180 e. The van der Waals surface area contributed by atoms with Crippen LogP contribution in [0.25, 0.3) is 22.5 Å². The molecule has 4 nitrogen and oxygen atoms in total. The predicted molar refractivity (Wildman–Crippen MR) is 78.5 cm³/mol. The Bertz CT molecular complexity index is 774. The van der Waals surface area contributed by atoms with E-state index in [2.05, 4.69) is 5.16 Å². The molecule has 0 saturated heterocycles. The molecule has 0 aliphatic carbocycles. The summed E-state index contributed by atoms with van der Waals surface area (Å²) >= 11 is 6.24. The van der Waals surface area contributed by atoms with Gasteiger partial charge in [0.25, 0.3) is 0 Å². The summed E-state index contributed by atoms with van der Waals surface area (Å²) in [6.45, 7) is 3.75. The highest BCUT2D eigenvalue weighted by atomic mass is 35.5. The fraction of sp³-hybridized carbons (Fsp3) is 0.133. The monoisotopic (exact) mass is 288 g/mol. The molecule has 0 aliphatic rings. The number of aromatic nitrogens is 1. The number of rotatable bonds is 2. The van der Waals surface area contributed by atoms with Gasteiger partial charge in [0, 0.05) is 10.6 Å². The average molecular weight is 289 g/mol. The molecule has 1 aromatic carbocycles. The number of nitrogen functional groups attached to an aromatic ring is 1. The van der Waals surface area contributed by atoms with Gasteiger partial charge < -0.3 is 14.7 Å². The van der Waals surface area contributed by atoms with Gasteiger partial charge >= 0.3 is 0 Å². The van der Waals surface area contributed by atoms with Crippen molar-refractivity contribution in [1.82, 2.24) is 5.16 Å². The van der Waals surface area contributed by atoms with Crippen molar-refractivity contribution in [3.63, 3.8) is 0 Å². The van der Waals surface area contributed by atoms with Gasteiger partial charge in [0.05, 0.1) is 11.1 Å². The first kappa shape index (κ1) is 12.8. The van der Waals surface area contributed by atoms with Gasteiger partial charge in [-0.15, -0.1) is 0 Å². The minimum absolute atomic E-state index is 0.311. The third-order valence-corrected chi connectivity index (χ3v) is 3.48. The Balaban J connectivity index is 2.26. The van der Waals surface area contributed by atoms with Crippen molar-refractivity contribution in [1.29, 1.82) is 0 Å². The lowest BCUT2D eigenvalue weighted by molar-refractivity contribution is 0.434. The van der Waals surface area contributed by atoms with E-state index in [1.807, 2.05) is 38.1 Å². The van der Waals surface area contributed by atoms with Crippen LogP contribution in [0.3, 0.4) is 0 Å². The van der Waals surface area contributed by atoms with Crippen LogP contribution >= 0.6 is 11.6 Å². The maximum atomic E-state index is 6.24. The molecule has 0 atom stereocenters. The van der Waals surface area contributed by atoms with Gasteiger partial charge in [-0.1, -0.05) is 35.0 Å². The fourth-order valence-electron chi connectivity index (χ4n) is 2.27. The van der Waals surface area contributed by atoms with Crippen LogP contribution in [0.1, 0.15) is 11.5 Å². The molecule has 2 N–H and O–H groups in total. The summed E-state index contributed by atoms with van der Waals surface area (Å²) in [5.41, 5.74) is 8.26. The highest BCUT2D eigenvalue weighted by Gasteiger charge is 2.22. The van der Waals surface area contributed by atoms with E-state index in [1.165, 1.54) is 0 Å². The number of nitrogens with zero attached hydrogens (tertiary/aromatic N) is 1. The average Bonchev–Trinajstić information content (AvgIpc) is 2.93. The van der Waals surface area contributed by atoms with E-state index in [0.717, 1.165) is 22.6 Å². The summed E-state index contributed by atoms with van der Waals surface area (Å²) in [6, 6.07) is 9.35. The lowest BCUT2D eigenvalue weighted by atomic mass is 10.0. The summed E-state index contributed by atoms with van der Waals surface area (Å²) in [5, 5.41) is 4.46. The van der Waals surface area contributed by atoms with Gasteiger partial charge in [-0.2, -0.15) is 0 Å². The number of hydrogen-bond acceptors (Lipinski definition) is 4. The molecular formula is C15H13ClN2O2. The molecule has 0 spiro atoms. The maximum absolute atomic E-state index is 6.24. The summed E-state index contributed by atoms with van der Waals surface area (Å²) in [7, 11) is 0. The topological polar surface area (TPSA) is 65.2 Å². The number of anilines is 1. The van der Waals surface area contributed by atoms with E-state index >= 15 is 0 Å². The summed E-state index contributed by atoms with van der Waals surface area (Å²) in [4.78, 5) is 0. The zero-order valence-corrected chi connectivity index (χ0v) is 11.9. The minimum atomic E-state index is 0.311. The van der Waals surface area contributed by atoms with Crippen molar-refractivity contribution in [2.24, 2.45) is 0 Å². The molecule has 0 aliphatic heterocycles. The molecule has 0 radical (unpaired) electrons. The van der Waals surface area contributed by atoms with E-state index in [4.69, 9.17) is 26.3 Å². The number of furan rings is 1. The van der Waals surface area contributed by atoms with Crippen LogP contribution in [0.2, 0.25) is 5.02 Å². The van der Waals surface area contributed by atoms with E-state index in [0.29, 0.717) is 22.2 Å². The second kappa shape index (κ2) is 4.72. The molecule has 0 unspecified atom stereocenters. The third-order valence-electron chi connectivity index (χ3n) is 3.15. The molecule has 102 valence electrons. The Labute approximate surface area is 121 Å². The third kappa shape index (κ3) is 1.98. The first-order valence-corrected chi connectivity index (χ1v) is 6.53. The van der Waals surface area contributed by atoms with E-state index < -0.39 is 0 Å². The van der Waals surface area contributed by atoms with Crippen molar-refractivity contribution < 1.29 is 8.94 Å². The molecule has 2 aromatic heterocycles. The first-order chi connectivity index (χ1) is 9.58. The van der Waals surface area contributed by atoms with Crippen molar-refractivity contribution in [2.75, 3.05) is 5.73 Å². The molecule has 20 heavy (non-hydrogen) atoms. The molecule has 0 amide bonds. The lowest BCUT2D eigenvalue weighted by Crippen LogP contribution is -1.89. The second-order valence-electron chi connectivity index (χ2n) is 4.58. The van der Waals surface area contributed by atoms with Gasteiger partial charge in [0.1, 0.15) is 11.5 Å². The quantitative estimate of drug-likeness (QED) is 0.756. The smallest absolute Gasteiger partial charge is 0.180 e. The lowest BCUT2D eigenvalue weighted by Gasteiger charge is -2.04. The number of benzene rings is 1. The zero-order chi connectivity index (χ0) is 14.3. The summed E-state index contributed by atoms with van der Waals surface area (Å²) in [6.07, 6.45) is 0. The van der Waals surface area contributed by atoms with Crippen molar-refractivity contribution >= 4 is 17.4 Å². The van der Waals surface area contributed by atoms with Gasteiger partial charge in [-0.3, -0.25) is 0 Å². The fourth-order valence-corrected chi connectivity index (χ4v) is 2.50. The van der Waals surface area contributed by atoms with E-state index in [1.54, 1.807) is 6.07 Å². The molecule has 0 saturated carbocycles. The number of halogens is 1. The first-order valence-electron chi connectivity index (χ1n) is 6.15. The molecule has 0 bridgehead atoms. The predicted octanol–water partition coefficient (Wildman–Crippen LogP) is 4.45. The van der Waals surface area contributed by atoms with E-state index in [-0.39, 0.29) is 0 Å². The Kier molecular flexibility index (Phi) is 3.03. The molecule has 0 fully saturated rings. The largest absolute Gasteiger partial charge is 0.466 e. The van der Waals surface area contributed by atoms with Crippen LogP contribution in [0.15, 0.2) is 39.3 Å². The van der Waals surface area contributed by atoms with Gasteiger partial charge in [-0.05, 0) is 26.0 Å². The molecule has 5 heteroatoms. The zero-order valence-electron chi connectivity index (χ0n) is 11.1. The standard InChI is InChI=1S/C15H13ClN2O2/c1-8-7-11(9(2)19-8)14-13(15(17)18-20-14)10-5-3-4-6-12(10)16/h3-7H,1-2H3,(H2,17,18). The highest BCUT2D eigenvalue weighted by Crippen LogP contribution is 2.41. The summed E-state index contributed by atoms with van der Waals surface area (Å²) in [5.74, 6) is 2.45. The van der Waals surface area contributed by atoms with Gasteiger partial charge in [-0.25, -0.2) is 0 Å². The van der Waals surface area contributed by atoms with Crippen LogP contribution in [0.4, 0.5) is 5.82 Å². The molecule has 2 heterocycles. The Hall–Kier alpha value is -2.20. The van der Waals surface area contributed by atoms with Crippen LogP contribution in [-0.2, 0) is 0 Å². The molecule has 3 aromatic rings. The number of aryl methyl sites for hydroxylation is 2. The van der Waals surface area contributed by atoms with Gasteiger partial charge in [0.15, 0.2) is 11.6 Å². The minimum Gasteiger partial charge on any atom is -0.466 e. The molecule has 3 rings (SSSR count). The second-order valence-corrected chi connectivity index (χ2v) is 4.99. The highest BCUT2D eigenvalue weighted by molar-refractivity contribution is 6.33. The number of nitrogens with two attached hydrogens (primary N) is 1.